The topological polar surface area (TPSA) is 84.5 Å². The first kappa shape index (κ1) is 12.7. The summed E-state index contributed by atoms with van der Waals surface area (Å²) < 4.78 is 31.2. The van der Waals surface area contributed by atoms with Crippen molar-refractivity contribution in [2.45, 2.75) is 24.8 Å². The van der Waals surface area contributed by atoms with E-state index >= 15 is 0 Å². The highest BCUT2D eigenvalue weighted by molar-refractivity contribution is 9.09. The highest BCUT2D eigenvalue weighted by atomic mass is 79.9. The normalized spacial score (nSPS) is 19.1. The number of nitrogens with one attached hydrogen (secondary N) is 2. The minimum absolute atomic E-state index is 0.458. The van der Waals surface area contributed by atoms with Gasteiger partial charge in [-0.1, -0.05) is 15.9 Å². The number of amides is 1. The molecule has 0 radical (unpaired) electrons. The first-order valence-corrected chi connectivity index (χ1v) is 6.99. The lowest BCUT2D eigenvalue weighted by atomic mass is 9.80. The average molecular weight is 301 g/mol. The third-order valence-electron chi connectivity index (χ3n) is 2.32. The summed E-state index contributed by atoms with van der Waals surface area (Å²) in [5.74, 6) is 0. The van der Waals surface area contributed by atoms with E-state index in [-0.39, 0.29) is 0 Å². The van der Waals surface area contributed by atoms with Gasteiger partial charge in [0.1, 0.15) is 0 Å². The molecule has 0 unspecified atom stereocenters. The Hall–Kier alpha value is -0.340. The van der Waals surface area contributed by atoms with Crippen molar-refractivity contribution in [1.82, 2.24) is 9.44 Å². The highest BCUT2D eigenvalue weighted by Gasteiger charge is 2.39. The van der Waals surface area contributed by atoms with Crippen molar-refractivity contribution >= 4 is 32.2 Å². The second kappa shape index (κ2) is 4.67. The molecule has 1 fully saturated rings. The molecule has 6 nitrogen and oxygen atoms in total. The minimum Gasteiger partial charge on any atom is -0.452 e. The standard InChI is InChI=1S/C7H13BrN2O4S/c1-14-6(11)9-15(12,13)10-7(5-8)3-2-4-7/h10H,2-5H2,1H3,(H,9,11). The van der Waals surface area contributed by atoms with E-state index in [0.717, 1.165) is 26.4 Å². The number of carbonyl (C=O) groups excluding carboxylic acids is 1. The Kier molecular flexibility index (Phi) is 3.96. The molecule has 2 N–H and O–H groups in total. The highest BCUT2D eigenvalue weighted by Crippen LogP contribution is 2.33. The number of hydrogen-bond acceptors (Lipinski definition) is 4. The molecule has 15 heavy (non-hydrogen) atoms. The van der Waals surface area contributed by atoms with Crippen LogP contribution >= 0.6 is 15.9 Å². The predicted molar refractivity (Wildman–Crippen MR) is 58.0 cm³/mol. The molecule has 0 aromatic heterocycles. The summed E-state index contributed by atoms with van der Waals surface area (Å²) in [5, 5.41) is 0.530. The average Bonchev–Trinajstić information content (AvgIpc) is 2.10. The summed E-state index contributed by atoms with van der Waals surface area (Å²) in [7, 11) is -2.72. The lowest BCUT2D eigenvalue weighted by molar-refractivity contribution is 0.177. The van der Waals surface area contributed by atoms with Gasteiger partial charge >= 0.3 is 16.3 Å². The number of halogens is 1. The van der Waals surface area contributed by atoms with Crippen LogP contribution in [-0.4, -0.2) is 32.5 Å². The molecule has 0 spiro atoms. The maximum atomic E-state index is 11.4. The Morgan fingerprint density at radius 1 is 1.53 bits per heavy atom. The molecule has 8 heteroatoms. The fraction of sp³-hybridized carbons (Fsp3) is 0.857. The Balaban J connectivity index is 2.59. The van der Waals surface area contributed by atoms with Gasteiger partial charge in [-0.15, -0.1) is 0 Å². The zero-order chi connectivity index (χ0) is 11.5. The van der Waals surface area contributed by atoms with Crippen molar-refractivity contribution < 1.29 is 17.9 Å². The van der Waals surface area contributed by atoms with E-state index in [9.17, 15) is 13.2 Å². The van der Waals surface area contributed by atoms with Gasteiger partial charge in [0.15, 0.2) is 0 Å². The quantitative estimate of drug-likeness (QED) is 0.740. The van der Waals surface area contributed by atoms with Gasteiger partial charge in [0.25, 0.3) is 0 Å². The Morgan fingerprint density at radius 2 is 2.13 bits per heavy atom. The van der Waals surface area contributed by atoms with Crippen molar-refractivity contribution in [3.63, 3.8) is 0 Å². The van der Waals surface area contributed by atoms with E-state index in [1.165, 1.54) is 0 Å². The van der Waals surface area contributed by atoms with E-state index in [1.54, 1.807) is 4.72 Å². The van der Waals surface area contributed by atoms with Gasteiger partial charge in [-0.25, -0.2) is 9.52 Å². The molecular weight excluding hydrogens is 288 g/mol. The Labute approximate surface area is 97.1 Å². The molecule has 1 saturated carbocycles. The third-order valence-corrected chi connectivity index (χ3v) is 4.53. The SMILES string of the molecule is COC(=O)NS(=O)(=O)NC1(CBr)CCC1. The first-order chi connectivity index (χ1) is 6.93. The first-order valence-electron chi connectivity index (χ1n) is 4.39. The molecule has 0 saturated heterocycles. The van der Waals surface area contributed by atoms with Crippen LogP contribution in [0.3, 0.4) is 0 Å². The molecule has 0 heterocycles. The number of methoxy groups -OCH3 is 1. The minimum atomic E-state index is -3.83. The number of hydrogen-bond donors (Lipinski definition) is 2. The molecule has 1 amide bonds. The third kappa shape index (κ3) is 3.32. The largest absolute Gasteiger partial charge is 0.452 e. The molecule has 88 valence electrons. The van der Waals surface area contributed by atoms with E-state index < -0.39 is 21.8 Å². The van der Waals surface area contributed by atoms with E-state index in [2.05, 4.69) is 25.4 Å². The Bertz CT molecular complexity index is 333. The number of carbonyl (C=O) groups is 1. The monoisotopic (exact) mass is 300 g/mol. The van der Waals surface area contributed by atoms with Crippen LogP contribution in [0.2, 0.25) is 0 Å². The second-order valence-corrected chi connectivity index (χ2v) is 5.44. The van der Waals surface area contributed by atoms with Crippen LogP contribution < -0.4 is 9.44 Å². The molecule has 0 aliphatic heterocycles. The van der Waals surface area contributed by atoms with Crippen molar-refractivity contribution in [3.05, 3.63) is 0 Å². The summed E-state index contributed by atoms with van der Waals surface area (Å²) >= 11 is 3.25. The molecule has 1 aliphatic rings. The van der Waals surface area contributed by atoms with Crippen molar-refractivity contribution in [2.75, 3.05) is 12.4 Å². The van der Waals surface area contributed by atoms with E-state index in [1.807, 2.05) is 0 Å². The lowest BCUT2D eigenvalue weighted by Crippen LogP contribution is -2.58. The van der Waals surface area contributed by atoms with Gasteiger partial charge in [-0.05, 0) is 19.3 Å². The van der Waals surface area contributed by atoms with Crippen LogP contribution in [0.25, 0.3) is 0 Å². The fourth-order valence-electron chi connectivity index (χ4n) is 1.33. The zero-order valence-electron chi connectivity index (χ0n) is 8.25. The predicted octanol–water partition coefficient (Wildman–Crippen LogP) is 0.494. The van der Waals surface area contributed by atoms with Gasteiger partial charge in [-0.2, -0.15) is 13.1 Å². The summed E-state index contributed by atoms with van der Waals surface area (Å²) in [6, 6.07) is 0. The van der Waals surface area contributed by atoms with E-state index in [4.69, 9.17) is 0 Å². The molecule has 0 atom stereocenters. The second-order valence-electron chi connectivity index (χ2n) is 3.47. The van der Waals surface area contributed by atoms with Crippen molar-refractivity contribution in [3.8, 4) is 0 Å². The maximum absolute atomic E-state index is 11.4. The van der Waals surface area contributed by atoms with Gasteiger partial charge < -0.3 is 4.74 Å². The Morgan fingerprint density at radius 3 is 2.47 bits per heavy atom. The smallest absolute Gasteiger partial charge is 0.421 e. The van der Waals surface area contributed by atoms with Crippen LogP contribution in [0.15, 0.2) is 0 Å². The zero-order valence-corrected chi connectivity index (χ0v) is 10.7. The molecule has 0 aromatic carbocycles. The molecule has 0 aromatic rings. The molecular formula is C7H13BrN2O4S. The molecule has 1 rings (SSSR count). The summed E-state index contributed by atoms with van der Waals surface area (Å²) in [6.07, 6.45) is 1.51. The molecule has 1 aliphatic carbocycles. The van der Waals surface area contributed by atoms with Crippen LogP contribution in [-0.2, 0) is 14.9 Å². The van der Waals surface area contributed by atoms with Crippen LogP contribution in [0, 0.1) is 0 Å². The van der Waals surface area contributed by atoms with Crippen LogP contribution in [0.1, 0.15) is 19.3 Å². The lowest BCUT2D eigenvalue weighted by Gasteiger charge is -2.40. The number of ether oxygens (including phenoxy) is 1. The van der Waals surface area contributed by atoms with Crippen molar-refractivity contribution in [2.24, 2.45) is 0 Å². The van der Waals surface area contributed by atoms with Gasteiger partial charge in [-0.3, -0.25) is 0 Å². The molecule has 0 bridgehead atoms. The van der Waals surface area contributed by atoms with Crippen molar-refractivity contribution in [1.29, 1.82) is 0 Å². The maximum Gasteiger partial charge on any atom is 0.421 e. The van der Waals surface area contributed by atoms with Gasteiger partial charge in [0.2, 0.25) is 0 Å². The fourth-order valence-corrected chi connectivity index (χ4v) is 3.42. The summed E-state index contributed by atoms with van der Waals surface area (Å²) in [5.41, 5.74) is -0.458. The number of alkyl halides is 1. The van der Waals surface area contributed by atoms with Crippen LogP contribution in [0.4, 0.5) is 4.79 Å². The summed E-state index contributed by atoms with van der Waals surface area (Å²) in [4.78, 5) is 10.7. The van der Waals surface area contributed by atoms with E-state index in [0.29, 0.717) is 5.33 Å². The van der Waals surface area contributed by atoms with Gasteiger partial charge in [0, 0.05) is 10.9 Å². The van der Waals surface area contributed by atoms with Gasteiger partial charge in [0.05, 0.1) is 7.11 Å². The number of rotatable bonds is 4. The summed E-state index contributed by atoms with van der Waals surface area (Å²) in [6.45, 7) is 0. The van der Waals surface area contributed by atoms with Crippen LogP contribution in [0.5, 0.6) is 0 Å².